The first kappa shape index (κ1) is 9.47. The van der Waals surface area contributed by atoms with E-state index in [1.165, 1.54) is 23.9 Å². The quantitative estimate of drug-likeness (QED) is 0.581. The van der Waals surface area contributed by atoms with Crippen LogP contribution < -0.4 is 5.73 Å². The Hall–Kier alpha value is -1.62. The smallest absolute Gasteiger partial charge is 0.318 e. The van der Waals surface area contributed by atoms with Gasteiger partial charge in [0.05, 0.1) is 10.5 Å². The van der Waals surface area contributed by atoms with Crippen LogP contribution in [0.15, 0.2) is 17.8 Å². The Bertz CT molecular complexity index is 365. The van der Waals surface area contributed by atoms with E-state index in [1.807, 2.05) is 0 Å². The summed E-state index contributed by atoms with van der Waals surface area (Å²) in [7, 11) is 0. The number of pyridine rings is 1. The molecule has 1 aromatic rings. The van der Waals surface area contributed by atoms with Gasteiger partial charge in [-0.1, -0.05) is 11.6 Å². The van der Waals surface area contributed by atoms with E-state index in [4.69, 9.17) is 17.3 Å². The standard InChI is InChI=1S/C7H6ClN3O2/c8-3-1-5-2-4-10-7(9)6(5)11(12)13/h1-4H,(H2,9,10)/b3-1+. The first-order valence-electron chi connectivity index (χ1n) is 3.32. The third-order valence-electron chi connectivity index (χ3n) is 1.41. The zero-order chi connectivity index (χ0) is 9.84. The van der Waals surface area contributed by atoms with Crippen LogP contribution in [0.1, 0.15) is 5.56 Å². The summed E-state index contributed by atoms with van der Waals surface area (Å²) in [5.41, 5.74) is 6.62. The molecule has 0 aliphatic carbocycles. The number of nitro groups is 1. The molecule has 5 nitrogen and oxygen atoms in total. The Labute approximate surface area is 79.0 Å². The van der Waals surface area contributed by atoms with Gasteiger partial charge in [0.15, 0.2) is 0 Å². The fourth-order valence-corrected chi connectivity index (χ4v) is 1.02. The van der Waals surface area contributed by atoms with E-state index in [9.17, 15) is 10.1 Å². The third kappa shape index (κ3) is 1.94. The van der Waals surface area contributed by atoms with Crippen LogP contribution in [0.5, 0.6) is 0 Å². The van der Waals surface area contributed by atoms with Gasteiger partial charge >= 0.3 is 5.69 Å². The molecule has 0 fully saturated rings. The van der Waals surface area contributed by atoms with E-state index in [0.29, 0.717) is 5.56 Å². The Morgan fingerprint density at radius 3 is 2.92 bits per heavy atom. The molecule has 2 N–H and O–H groups in total. The summed E-state index contributed by atoms with van der Waals surface area (Å²) < 4.78 is 0. The van der Waals surface area contributed by atoms with Crippen molar-refractivity contribution < 1.29 is 4.92 Å². The molecule has 0 saturated heterocycles. The second-order valence-electron chi connectivity index (χ2n) is 2.18. The van der Waals surface area contributed by atoms with Gasteiger partial charge in [-0.3, -0.25) is 10.1 Å². The minimum absolute atomic E-state index is 0.114. The summed E-state index contributed by atoms with van der Waals surface area (Å²) in [5, 5.41) is 10.5. The summed E-state index contributed by atoms with van der Waals surface area (Å²) in [6, 6.07) is 1.47. The lowest BCUT2D eigenvalue weighted by Gasteiger charge is -1.98. The maximum Gasteiger partial charge on any atom is 0.318 e. The molecule has 0 amide bonds. The number of hydrogen-bond donors (Lipinski definition) is 1. The monoisotopic (exact) mass is 199 g/mol. The second kappa shape index (κ2) is 3.86. The highest BCUT2D eigenvalue weighted by Gasteiger charge is 2.16. The molecule has 1 rings (SSSR count). The number of rotatable bonds is 2. The van der Waals surface area contributed by atoms with Gasteiger partial charge in [-0.15, -0.1) is 0 Å². The summed E-state index contributed by atoms with van der Waals surface area (Å²) >= 11 is 5.30. The molecule has 68 valence electrons. The minimum Gasteiger partial charge on any atom is -0.378 e. The third-order valence-corrected chi connectivity index (χ3v) is 1.53. The molecule has 0 aliphatic heterocycles. The lowest BCUT2D eigenvalue weighted by Crippen LogP contribution is -1.99. The van der Waals surface area contributed by atoms with Crippen LogP contribution in [0.2, 0.25) is 0 Å². The molecule has 0 aliphatic rings. The molecule has 1 aromatic heterocycles. The molecule has 6 heteroatoms. The van der Waals surface area contributed by atoms with E-state index in [1.54, 1.807) is 0 Å². The molecule has 0 radical (unpaired) electrons. The normalized spacial score (nSPS) is 10.5. The van der Waals surface area contributed by atoms with Gasteiger partial charge in [0.1, 0.15) is 0 Å². The Kier molecular flexibility index (Phi) is 2.81. The van der Waals surface area contributed by atoms with E-state index < -0.39 is 4.92 Å². The van der Waals surface area contributed by atoms with E-state index in [2.05, 4.69) is 4.98 Å². The molecule has 0 spiro atoms. The number of anilines is 1. The summed E-state index contributed by atoms with van der Waals surface area (Å²) in [5.74, 6) is -0.114. The lowest BCUT2D eigenvalue weighted by atomic mass is 10.2. The van der Waals surface area contributed by atoms with Crippen LogP contribution >= 0.6 is 11.6 Å². The zero-order valence-corrected chi connectivity index (χ0v) is 7.23. The first-order valence-corrected chi connectivity index (χ1v) is 3.76. The van der Waals surface area contributed by atoms with Gasteiger partial charge in [-0.25, -0.2) is 4.98 Å². The van der Waals surface area contributed by atoms with E-state index in [-0.39, 0.29) is 11.5 Å². The highest BCUT2D eigenvalue weighted by atomic mass is 35.5. The largest absolute Gasteiger partial charge is 0.378 e. The van der Waals surface area contributed by atoms with E-state index in [0.717, 1.165) is 0 Å². The van der Waals surface area contributed by atoms with Gasteiger partial charge in [-0.2, -0.15) is 0 Å². The minimum atomic E-state index is -0.589. The number of nitrogens with zero attached hydrogens (tertiary/aromatic N) is 2. The lowest BCUT2D eigenvalue weighted by molar-refractivity contribution is -0.384. The van der Waals surface area contributed by atoms with Crippen LogP contribution in [-0.2, 0) is 0 Å². The Morgan fingerprint density at radius 2 is 2.38 bits per heavy atom. The van der Waals surface area contributed by atoms with E-state index >= 15 is 0 Å². The Balaban J connectivity index is 3.34. The number of nitrogens with two attached hydrogens (primary N) is 1. The molecule has 1 heterocycles. The molecular formula is C7H6ClN3O2. The average Bonchev–Trinajstić information content (AvgIpc) is 2.04. The number of hydrogen-bond acceptors (Lipinski definition) is 4. The van der Waals surface area contributed by atoms with Gasteiger partial charge in [0, 0.05) is 11.7 Å². The maximum absolute atomic E-state index is 10.5. The maximum atomic E-state index is 10.5. The molecular weight excluding hydrogens is 194 g/mol. The van der Waals surface area contributed by atoms with Crippen molar-refractivity contribution in [3.63, 3.8) is 0 Å². The van der Waals surface area contributed by atoms with Crippen molar-refractivity contribution in [2.45, 2.75) is 0 Å². The van der Waals surface area contributed by atoms with Gasteiger partial charge < -0.3 is 5.73 Å². The highest BCUT2D eigenvalue weighted by molar-refractivity contribution is 6.27. The van der Waals surface area contributed by atoms with Crippen molar-refractivity contribution in [3.8, 4) is 0 Å². The highest BCUT2D eigenvalue weighted by Crippen LogP contribution is 2.24. The topological polar surface area (TPSA) is 82.0 Å². The predicted octanol–water partition coefficient (Wildman–Crippen LogP) is 1.78. The van der Waals surface area contributed by atoms with Gasteiger partial charge in [0.2, 0.25) is 5.82 Å². The molecule has 0 bridgehead atoms. The zero-order valence-electron chi connectivity index (χ0n) is 6.48. The van der Waals surface area contributed by atoms with Gasteiger partial charge in [-0.05, 0) is 12.1 Å². The van der Waals surface area contributed by atoms with Crippen molar-refractivity contribution in [2.75, 3.05) is 5.73 Å². The molecule has 0 atom stereocenters. The van der Waals surface area contributed by atoms with Crippen LogP contribution in [0.25, 0.3) is 6.08 Å². The predicted molar refractivity (Wildman–Crippen MR) is 50.2 cm³/mol. The molecule has 0 saturated carbocycles. The second-order valence-corrected chi connectivity index (χ2v) is 2.44. The van der Waals surface area contributed by atoms with Crippen molar-refractivity contribution in [1.82, 2.24) is 4.98 Å². The summed E-state index contributed by atoms with van der Waals surface area (Å²) in [6.45, 7) is 0. The van der Waals surface area contributed by atoms with Crippen molar-refractivity contribution >= 4 is 29.2 Å². The number of nitrogen functional groups attached to an aromatic ring is 1. The average molecular weight is 200 g/mol. The van der Waals surface area contributed by atoms with Crippen molar-refractivity contribution in [2.24, 2.45) is 0 Å². The van der Waals surface area contributed by atoms with Crippen LogP contribution in [0.3, 0.4) is 0 Å². The molecule has 0 unspecified atom stereocenters. The fraction of sp³-hybridized carbons (Fsp3) is 0. The van der Waals surface area contributed by atoms with Crippen molar-refractivity contribution in [1.29, 1.82) is 0 Å². The molecule has 13 heavy (non-hydrogen) atoms. The van der Waals surface area contributed by atoms with Crippen molar-refractivity contribution in [3.05, 3.63) is 33.5 Å². The van der Waals surface area contributed by atoms with Crippen LogP contribution in [0, 0.1) is 10.1 Å². The number of halogens is 1. The van der Waals surface area contributed by atoms with Gasteiger partial charge in [0.25, 0.3) is 0 Å². The Morgan fingerprint density at radius 1 is 1.69 bits per heavy atom. The van der Waals surface area contributed by atoms with Crippen LogP contribution in [0.4, 0.5) is 11.5 Å². The molecule has 0 aromatic carbocycles. The SMILES string of the molecule is Nc1nccc(/C=C/Cl)c1[N+](=O)[O-]. The first-order chi connectivity index (χ1) is 6.16. The summed E-state index contributed by atoms with van der Waals surface area (Å²) in [6.07, 6.45) is 2.77. The fourth-order valence-electron chi connectivity index (χ4n) is 0.887. The number of aromatic nitrogens is 1. The summed E-state index contributed by atoms with van der Waals surface area (Å²) in [4.78, 5) is 13.5. The van der Waals surface area contributed by atoms with Crippen LogP contribution in [-0.4, -0.2) is 9.91 Å².